The van der Waals surface area contributed by atoms with Gasteiger partial charge in [0, 0.05) is 35.5 Å². The van der Waals surface area contributed by atoms with Gasteiger partial charge in [-0.1, -0.05) is 11.3 Å². The summed E-state index contributed by atoms with van der Waals surface area (Å²) in [5.74, 6) is -0.479. The van der Waals surface area contributed by atoms with E-state index in [1.807, 2.05) is 0 Å². The summed E-state index contributed by atoms with van der Waals surface area (Å²) >= 11 is 1.43. The van der Waals surface area contributed by atoms with Gasteiger partial charge in [0.25, 0.3) is 11.8 Å². The molecule has 6 heteroatoms. The normalized spacial score (nSPS) is 19.8. The van der Waals surface area contributed by atoms with E-state index in [0.29, 0.717) is 16.3 Å². The SMILES string of the molecule is CC1=C(C)C(=O)N(c2nc3c(s2)CNCC3)C1=O. The van der Waals surface area contributed by atoms with Crippen LogP contribution in [0.3, 0.4) is 0 Å². The Labute approximate surface area is 109 Å². The molecule has 0 radical (unpaired) electrons. The molecule has 0 aliphatic carbocycles. The van der Waals surface area contributed by atoms with Crippen molar-refractivity contribution in [3.63, 3.8) is 0 Å². The number of rotatable bonds is 1. The molecule has 0 fully saturated rings. The zero-order chi connectivity index (χ0) is 12.9. The molecule has 2 aliphatic rings. The molecule has 0 spiro atoms. The first kappa shape index (κ1) is 11.6. The van der Waals surface area contributed by atoms with E-state index in [9.17, 15) is 9.59 Å². The van der Waals surface area contributed by atoms with Crippen LogP contribution in [0.2, 0.25) is 0 Å². The molecule has 0 unspecified atom stereocenters. The van der Waals surface area contributed by atoms with E-state index < -0.39 is 0 Å². The van der Waals surface area contributed by atoms with Crippen molar-refractivity contribution in [1.82, 2.24) is 10.3 Å². The lowest BCUT2D eigenvalue weighted by molar-refractivity contribution is -0.120. The van der Waals surface area contributed by atoms with Crippen LogP contribution in [0.1, 0.15) is 24.4 Å². The van der Waals surface area contributed by atoms with E-state index in [0.717, 1.165) is 30.1 Å². The van der Waals surface area contributed by atoms with E-state index in [4.69, 9.17) is 0 Å². The summed E-state index contributed by atoms with van der Waals surface area (Å²) in [6.45, 7) is 5.04. The number of hydrogen-bond acceptors (Lipinski definition) is 5. The molecule has 0 saturated carbocycles. The summed E-state index contributed by atoms with van der Waals surface area (Å²) in [5.41, 5.74) is 2.05. The second-order valence-corrected chi connectivity index (χ2v) is 5.55. The van der Waals surface area contributed by atoms with Gasteiger partial charge in [0.2, 0.25) is 0 Å². The van der Waals surface area contributed by atoms with Gasteiger partial charge >= 0.3 is 0 Å². The zero-order valence-electron chi connectivity index (χ0n) is 10.2. The van der Waals surface area contributed by atoms with Gasteiger partial charge in [-0.05, 0) is 13.8 Å². The minimum absolute atomic E-state index is 0.239. The highest BCUT2D eigenvalue weighted by molar-refractivity contribution is 7.16. The Hall–Kier alpha value is -1.53. The highest BCUT2D eigenvalue weighted by atomic mass is 32.1. The van der Waals surface area contributed by atoms with Crippen molar-refractivity contribution in [3.05, 3.63) is 21.7 Å². The van der Waals surface area contributed by atoms with Gasteiger partial charge in [0.15, 0.2) is 5.13 Å². The average Bonchev–Trinajstić information content (AvgIpc) is 2.86. The van der Waals surface area contributed by atoms with Gasteiger partial charge in [0.1, 0.15) is 0 Å². The molecule has 5 nitrogen and oxygen atoms in total. The lowest BCUT2D eigenvalue weighted by Crippen LogP contribution is -2.31. The number of anilines is 1. The van der Waals surface area contributed by atoms with Crippen LogP contribution < -0.4 is 10.2 Å². The minimum atomic E-state index is -0.239. The van der Waals surface area contributed by atoms with Crippen LogP contribution in [0, 0.1) is 0 Å². The van der Waals surface area contributed by atoms with Gasteiger partial charge < -0.3 is 5.32 Å². The number of thiazole rings is 1. The molecule has 3 heterocycles. The number of nitrogens with one attached hydrogen (secondary N) is 1. The lowest BCUT2D eigenvalue weighted by atomic mass is 10.2. The Balaban J connectivity index is 2.00. The summed E-state index contributed by atoms with van der Waals surface area (Å²) in [5, 5.41) is 3.77. The Morgan fingerprint density at radius 1 is 1.22 bits per heavy atom. The van der Waals surface area contributed by atoms with E-state index in [1.54, 1.807) is 13.8 Å². The first-order valence-corrected chi connectivity index (χ1v) is 6.67. The monoisotopic (exact) mass is 263 g/mol. The topological polar surface area (TPSA) is 62.3 Å². The second kappa shape index (κ2) is 4.00. The highest BCUT2D eigenvalue weighted by Gasteiger charge is 2.37. The smallest absolute Gasteiger partial charge is 0.263 e. The molecule has 3 rings (SSSR count). The molecule has 2 amide bonds. The van der Waals surface area contributed by atoms with Crippen LogP contribution >= 0.6 is 11.3 Å². The second-order valence-electron chi connectivity index (χ2n) is 4.49. The van der Waals surface area contributed by atoms with Crippen molar-refractivity contribution in [2.75, 3.05) is 11.4 Å². The molecule has 1 aromatic rings. The molecule has 18 heavy (non-hydrogen) atoms. The van der Waals surface area contributed by atoms with Gasteiger partial charge in [-0.15, -0.1) is 0 Å². The van der Waals surface area contributed by atoms with Crippen LogP contribution in [0.15, 0.2) is 11.1 Å². The van der Waals surface area contributed by atoms with E-state index in [2.05, 4.69) is 10.3 Å². The Kier molecular flexibility index (Phi) is 2.57. The van der Waals surface area contributed by atoms with Gasteiger partial charge in [-0.2, -0.15) is 0 Å². The summed E-state index contributed by atoms with van der Waals surface area (Å²) in [6.07, 6.45) is 0.855. The predicted molar refractivity (Wildman–Crippen MR) is 68.4 cm³/mol. The third kappa shape index (κ3) is 1.53. The Morgan fingerprint density at radius 2 is 1.89 bits per heavy atom. The molecular weight excluding hydrogens is 250 g/mol. The molecule has 2 aliphatic heterocycles. The molecular formula is C12H13N3O2S. The van der Waals surface area contributed by atoms with Crippen LogP contribution in [-0.2, 0) is 22.6 Å². The van der Waals surface area contributed by atoms with Gasteiger partial charge in [0.05, 0.1) is 5.69 Å². The molecule has 0 atom stereocenters. The molecule has 0 bridgehead atoms. The summed E-state index contributed by atoms with van der Waals surface area (Å²) in [4.78, 5) is 30.8. The number of imide groups is 1. The fourth-order valence-corrected chi connectivity index (χ4v) is 3.20. The van der Waals surface area contributed by atoms with Crippen LogP contribution in [0.4, 0.5) is 5.13 Å². The van der Waals surface area contributed by atoms with E-state index in [1.165, 1.54) is 16.2 Å². The minimum Gasteiger partial charge on any atom is -0.311 e. The van der Waals surface area contributed by atoms with Crippen molar-refractivity contribution in [1.29, 1.82) is 0 Å². The van der Waals surface area contributed by atoms with Crippen molar-refractivity contribution in [2.45, 2.75) is 26.8 Å². The quantitative estimate of drug-likeness (QED) is 0.768. The van der Waals surface area contributed by atoms with E-state index in [-0.39, 0.29) is 11.8 Å². The molecule has 0 saturated heterocycles. The third-order valence-electron chi connectivity index (χ3n) is 3.39. The van der Waals surface area contributed by atoms with Crippen molar-refractivity contribution < 1.29 is 9.59 Å². The standard InChI is InChI=1S/C12H13N3O2S/c1-6-7(2)11(17)15(10(6)16)12-14-8-3-4-13-5-9(8)18-12/h13H,3-5H2,1-2H3. The number of aromatic nitrogens is 1. The maximum atomic E-state index is 12.0. The van der Waals surface area contributed by atoms with Crippen LogP contribution in [0.5, 0.6) is 0 Å². The number of carbonyl (C=O) groups is 2. The van der Waals surface area contributed by atoms with E-state index >= 15 is 0 Å². The van der Waals surface area contributed by atoms with Gasteiger partial charge in [-0.3, -0.25) is 9.59 Å². The molecule has 1 aromatic heterocycles. The number of carbonyl (C=O) groups excluding carboxylic acids is 2. The summed E-state index contributed by atoms with van der Waals surface area (Å²) in [6, 6.07) is 0. The van der Waals surface area contributed by atoms with Crippen molar-refractivity contribution in [3.8, 4) is 0 Å². The Bertz CT molecular complexity index is 541. The number of nitrogens with zero attached hydrogens (tertiary/aromatic N) is 2. The maximum absolute atomic E-state index is 12.0. The largest absolute Gasteiger partial charge is 0.311 e. The first-order valence-electron chi connectivity index (χ1n) is 5.85. The number of hydrogen-bond donors (Lipinski definition) is 1. The lowest BCUT2D eigenvalue weighted by Gasteiger charge is -2.09. The maximum Gasteiger partial charge on any atom is 0.263 e. The van der Waals surface area contributed by atoms with Crippen LogP contribution in [0.25, 0.3) is 0 Å². The summed E-state index contributed by atoms with van der Waals surface area (Å²) < 4.78 is 0. The molecule has 94 valence electrons. The van der Waals surface area contributed by atoms with Crippen molar-refractivity contribution >= 4 is 28.3 Å². The van der Waals surface area contributed by atoms with Gasteiger partial charge in [-0.25, -0.2) is 9.88 Å². The van der Waals surface area contributed by atoms with Crippen molar-refractivity contribution in [2.24, 2.45) is 0 Å². The average molecular weight is 263 g/mol. The fourth-order valence-electron chi connectivity index (χ4n) is 2.13. The Morgan fingerprint density at radius 3 is 2.50 bits per heavy atom. The first-order chi connectivity index (χ1) is 8.59. The molecule has 1 N–H and O–H groups in total. The number of fused-ring (bicyclic) bond motifs is 1. The highest BCUT2D eigenvalue weighted by Crippen LogP contribution is 2.33. The summed E-state index contributed by atoms with van der Waals surface area (Å²) in [7, 11) is 0. The number of amides is 2. The van der Waals surface area contributed by atoms with Crippen LogP contribution in [-0.4, -0.2) is 23.3 Å². The fraction of sp³-hybridized carbons (Fsp3) is 0.417. The molecule has 0 aromatic carbocycles. The zero-order valence-corrected chi connectivity index (χ0v) is 11.1. The predicted octanol–water partition coefficient (Wildman–Crippen LogP) is 0.998. The third-order valence-corrected chi connectivity index (χ3v) is 4.48.